The van der Waals surface area contributed by atoms with Crippen molar-refractivity contribution in [2.75, 3.05) is 25.7 Å². The Kier molecular flexibility index (Phi) is 6.78. The zero-order chi connectivity index (χ0) is 25.1. The van der Waals surface area contributed by atoms with E-state index < -0.39 is 17.7 Å². The Morgan fingerprint density at radius 1 is 0.943 bits per heavy atom. The molecular weight excluding hydrogens is 446 g/mol. The second-order valence-electron chi connectivity index (χ2n) is 8.08. The van der Waals surface area contributed by atoms with E-state index in [1.54, 1.807) is 48.5 Å². The van der Waals surface area contributed by atoms with E-state index in [9.17, 15) is 14.7 Å². The largest absolute Gasteiger partial charge is 0.507 e. The highest BCUT2D eigenvalue weighted by Crippen LogP contribution is 2.44. The predicted octanol–water partition coefficient (Wildman–Crippen LogP) is 5.04. The minimum absolute atomic E-state index is 0.0447. The number of carbonyl (C=O) groups is 2. The molecule has 1 heterocycles. The van der Waals surface area contributed by atoms with E-state index in [4.69, 9.17) is 14.2 Å². The predicted molar refractivity (Wildman–Crippen MR) is 133 cm³/mol. The van der Waals surface area contributed by atoms with Crippen molar-refractivity contribution in [3.8, 4) is 17.2 Å². The number of Topliss-reactive ketones (excluding diaryl/α,β-unsaturated/α-hetero) is 1. The number of ketones is 1. The molecule has 0 radical (unpaired) electrons. The number of aryl methyl sites for hydroxylation is 1. The number of amides is 1. The van der Waals surface area contributed by atoms with Gasteiger partial charge in [-0.15, -0.1) is 0 Å². The van der Waals surface area contributed by atoms with E-state index in [2.05, 4.69) is 0 Å². The first-order valence-electron chi connectivity index (χ1n) is 11.2. The summed E-state index contributed by atoms with van der Waals surface area (Å²) >= 11 is 0. The highest BCUT2D eigenvalue weighted by Gasteiger charge is 2.47. The smallest absolute Gasteiger partial charge is 0.300 e. The highest BCUT2D eigenvalue weighted by atomic mass is 16.5. The number of benzene rings is 3. The lowest BCUT2D eigenvalue weighted by molar-refractivity contribution is -0.132. The summed E-state index contributed by atoms with van der Waals surface area (Å²) in [6.07, 6.45) is 0. The van der Waals surface area contributed by atoms with Gasteiger partial charge in [-0.25, -0.2) is 0 Å². The molecule has 1 N–H and O–H groups in total. The molecule has 180 valence electrons. The Balaban J connectivity index is 1.99. The van der Waals surface area contributed by atoms with E-state index >= 15 is 0 Å². The molecule has 4 rings (SSSR count). The molecular formula is C28H27NO6. The fourth-order valence-electron chi connectivity index (χ4n) is 4.28. The average molecular weight is 474 g/mol. The van der Waals surface area contributed by atoms with Gasteiger partial charge < -0.3 is 19.3 Å². The first-order chi connectivity index (χ1) is 16.9. The summed E-state index contributed by atoms with van der Waals surface area (Å²) in [6.45, 7) is 4.25. The topological polar surface area (TPSA) is 85.3 Å². The van der Waals surface area contributed by atoms with Crippen LogP contribution in [0.15, 0.2) is 72.3 Å². The quantitative estimate of drug-likeness (QED) is 0.294. The highest BCUT2D eigenvalue weighted by molar-refractivity contribution is 6.51. The number of ether oxygens (including phenoxy) is 3. The number of hydrogen-bond donors (Lipinski definition) is 1. The van der Waals surface area contributed by atoms with Gasteiger partial charge in [0.2, 0.25) is 0 Å². The first-order valence-corrected chi connectivity index (χ1v) is 11.2. The summed E-state index contributed by atoms with van der Waals surface area (Å²) in [5.41, 5.74) is 2.31. The molecule has 1 unspecified atom stereocenters. The van der Waals surface area contributed by atoms with Crippen LogP contribution in [0.2, 0.25) is 0 Å². The molecule has 0 saturated carbocycles. The molecule has 3 aromatic carbocycles. The van der Waals surface area contributed by atoms with Crippen LogP contribution in [0.3, 0.4) is 0 Å². The van der Waals surface area contributed by atoms with E-state index in [0.29, 0.717) is 35.1 Å². The van der Waals surface area contributed by atoms with Gasteiger partial charge in [-0.2, -0.15) is 0 Å². The fourth-order valence-corrected chi connectivity index (χ4v) is 4.28. The van der Waals surface area contributed by atoms with Crippen molar-refractivity contribution >= 4 is 23.1 Å². The minimum Gasteiger partial charge on any atom is -0.507 e. The number of carbonyl (C=O) groups excluding carboxylic acids is 2. The Morgan fingerprint density at radius 3 is 2.40 bits per heavy atom. The van der Waals surface area contributed by atoms with Crippen LogP contribution in [0.25, 0.3) is 5.76 Å². The van der Waals surface area contributed by atoms with Crippen molar-refractivity contribution in [3.05, 3.63) is 89.0 Å². The van der Waals surface area contributed by atoms with Crippen LogP contribution < -0.4 is 19.1 Å². The maximum atomic E-state index is 13.4. The maximum Gasteiger partial charge on any atom is 0.300 e. The number of hydrogen-bond acceptors (Lipinski definition) is 6. The second-order valence-corrected chi connectivity index (χ2v) is 8.08. The lowest BCUT2D eigenvalue weighted by Gasteiger charge is -2.26. The summed E-state index contributed by atoms with van der Waals surface area (Å²) in [6, 6.07) is 18.5. The van der Waals surface area contributed by atoms with Gasteiger partial charge in [0, 0.05) is 5.69 Å². The number of aliphatic hydroxyl groups is 1. The van der Waals surface area contributed by atoms with Crippen molar-refractivity contribution in [3.63, 3.8) is 0 Å². The molecule has 1 aliphatic heterocycles. The lowest BCUT2D eigenvalue weighted by atomic mass is 9.94. The third-order valence-electron chi connectivity index (χ3n) is 5.87. The van der Waals surface area contributed by atoms with Gasteiger partial charge >= 0.3 is 0 Å². The van der Waals surface area contributed by atoms with Crippen molar-refractivity contribution in [2.45, 2.75) is 19.9 Å². The monoisotopic (exact) mass is 473 g/mol. The molecule has 0 spiro atoms. The number of rotatable bonds is 7. The summed E-state index contributed by atoms with van der Waals surface area (Å²) in [4.78, 5) is 28.2. The molecule has 1 fully saturated rings. The number of methoxy groups -OCH3 is 2. The minimum atomic E-state index is -0.881. The van der Waals surface area contributed by atoms with E-state index in [1.165, 1.54) is 19.1 Å². The summed E-state index contributed by atoms with van der Waals surface area (Å²) in [7, 11) is 2.97. The van der Waals surface area contributed by atoms with Crippen molar-refractivity contribution in [1.29, 1.82) is 0 Å². The third-order valence-corrected chi connectivity index (χ3v) is 5.87. The molecule has 1 aliphatic rings. The zero-order valence-corrected chi connectivity index (χ0v) is 20.1. The summed E-state index contributed by atoms with van der Waals surface area (Å²) in [5, 5.41) is 11.5. The van der Waals surface area contributed by atoms with Gasteiger partial charge in [0.1, 0.15) is 23.0 Å². The molecule has 0 bridgehead atoms. The molecule has 3 aromatic rings. The van der Waals surface area contributed by atoms with Crippen LogP contribution in [-0.4, -0.2) is 37.6 Å². The Hall–Kier alpha value is -4.26. The number of aliphatic hydroxyl groups excluding tert-OH is 1. The van der Waals surface area contributed by atoms with E-state index in [0.717, 1.165) is 5.56 Å². The summed E-state index contributed by atoms with van der Waals surface area (Å²) in [5.74, 6) is -0.464. The van der Waals surface area contributed by atoms with Gasteiger partial charge in [-0.05, 0) is 67.4 Å². The molecule has 7 heteroatoms. The molecule has 7 nitrogen and oxygen atoms in total. The Morgan fingerprint density at radius 2 is 1.71 bits per heavy atom. The molecule has 0 aliphatic carbocycles. The number of nitrogens with zero attached hydrogens (tertiary/aromatic N) is 1. The SMILES string of the molecule is CCOc1cccc(C2/C(=C(\O)c3cc(OC)ccc3OC)C(=O)C(=O)N2c2cccc(C)c2)c1. The van der Waals surface area contributed by atoms with Crippen LogP contribution in [0.5, 0.6) is 17.2 Å². The van der Waals surface area contributed by atoms with Crippen molar-refractivity contribution < 1.29 is 28.9 Å². The van der Waals surface area contributed by atoms with Gasteiger partial charge in [0.15, 0.2) is 0 Å². The second kappa shape index (κ2) is 9.93. The van der Waals surface area contributed by atoms with Crippen molar-refractivity contribution in [2.24, 2.45) is 0 Å². The van der Waals surface area contributed by atoms with Crippen LogP contribution in [0.1, 0.15) is 29.7 Å². The zero-order valence-electron chi connectivity index (χ0n) is 20.1. The Labute approximate surface area is 204 Å². The van der Waals surface area contributed by atoms with Crippen LogP contribution in [-0.2, 0) is 9.59 Å². The van der Waals surface area contributed by atoms with Gasteiger partial charge in [0.25, 0.3) is 11.7 Å². The lowest BCUT2D eigenvalue weighted by Crippen LogP contribution is -2.29. The van der Waals surface area contributed by atoms with Gasteiger partial charge in [0.05, 0.1) is 38.0 Å². The maximum absolute atomic E-state index is 13.4. The van der Waals surface area contributed by atoms with Gasteiger partial charge in [-0.1, -0.05) is 24.3 Å². The fraction of sp³-hybridized carbons (Fsp3) is 0.214. The molecule has 0 aromatic heterocycles. The van der Waals surface area contributed by atoms with Crippen LogP contribution >= 0.6 is 0 Å². The Bertz CT molecular complexity index is 1310. The molecule has 1 saturated heterocycles. The van der Waals surface area contributed by atoms with Gasteiger partial charge in [-0.3, -0.25) is 14.5 Å². The van der Waals surface area contributed by atoms with E-state index in [-0.39, 0.29) is 16.9 Å². The molecule has 1 amide bonds. The third kappa shape index (κ3) is 4.45. The first kappa shape index (κ1) is 23.9. The standard InChI is InChI=1S/C28H27NO6/c1-5-35-21-11-7-9-18(15-21)25-24(26(30)22-16-20(33-3)12-13-23(22)34-4)27(31)28(32)29(25)19-10-6-8-17(2)14-19/h6-16,25,30H,5H2,1-4H3/b26-24+. The average Bonchev–Trinajstić information content (AvgIpc) is 3.14. The van der Waals surface area contributed by atoms with Crippen LogP contribution in [0.4, 0.5) is 5.69 Å². The van der Waals surface area contributed by atoms with E-state index in [1.807, 2.05) is 32.0 Å². The van der Waals surface area contributed by atoms with Crippen LogP contribution in [0, 0.1) is 6.92 Å². The normalized spacial score (nSPS) is 16.9. The van der Waals surface area contributed by atoms with Crippen molar-refractivity contribution in [1.82, 2.24) is 0 Å². The molecule has 35 heavy (non-hydrogen) atoms. The number of anilines is 1. The summed E-state index contributed by atoms with van der Waals surface area (Å²) < 4.78 is 16.4. The molecule has 1 atom stereocenters.